The van der Waals surface area contributed by atoms with Gasteiger partial charge in [0.2, 0.25) is 5.91 Å². The summed E-state index contributed by atoms with van der Waals surface area (Å²) in [6.07, 6.45) is -0.656. The van der Waals surface area contributed by atoms with E-state index in [1.54, 1.807) is 6.92 Å². The molecule has 4 N–H and O–H groups in total. The lowest BCUT2D eigenvalue weighted by atomic mass is 10.0. The number of nitrogens with two attached hydrogens (primary N) is 1. The molecule has 0 spiro atoms. The predicted octanol–water partition coefficient (Wildman–Crippen LogP) is -1.04. The lowest BCUT2D eigenvalue weighted by molar-refractivity contribution is -0.140. The van der Waals surface area contributed by atoms with Crippen molar-refractivity contribution in [3.05, 3.63) is 0 Å². The molecule has 1 aliphatic heterocycles. The van der Waals surface area contributed by atoms with Crippen molar-refractivity contribution in [1.29, 1.82) is 0 Å². The first kappa shape index (κ1) is 14.9. The van der Waals surface area contributed by atoms with Crippen LogP contribution in [0.4, 0.5) is 0 Å². The summed E-state index contributed by atoms with van der Waals surface area (Å²) < 4.78 is 10.3. The van der Waals surface area contributed by atoms with E-state index in [9.17, 15) is 9.59 Å². The zero-order chi connectivity index (χ0) is 13.5. The van der Waals surface area contributed by atoms with Gasteiger partial charge in [-0.25, -0.2) is 0 Å². The minimum Gasteiger partial charge on any atom is -0.481 e. The molecule has 1 amide bonds. The maximum absolute atomic E-state index is 11.8. The molecular weight excluding hydrogens is 240 g/mol. The number of rotatable bonds is 7. The van der Waals surface area contributed by atoms with E-state index in [-0.39, 0.29) is 30.8 Å². The lowest BCUT2D eigenvalue weighted by Gasteiger charge is -2.18. The number of ether oxygens (including phenoxy) is 2. The highest BCUT2D eigenvalue weighted by molar-refractivity contribution is 5.80. The Labute approximate surface area is 106 Å². The second-order valence-electron chi connectivity index (χ2n) is 4.23. The Morgan fingerprint density at radius 3 is 2.78 bits per heavy atom. The van der Waals surface area contributed by atoms with Gasteiger partial charge in [-0.2, -0.15) is 0 Å². The van der Waals surface area contributed by atoms with Gasteiger partial charge >= 0.3 is 5.97 Å². The van der Waals surface area contributed by atoms with Crippen molar-refractivity contribution < 1.29 is 24.2 Å². The van der Waals surface area contributed by atoms with Crippen molar-refractivity contribution >= 4 is 11.9 Å². The predicted molar refractivity (Wildman–Crippen MR) is 63.0 cm³/mol. The highest BCUT2D eigenvalue weighted by Crippen LogP contribution is 2.11. The summed E-state index contributed by atoms with van der Waals surface area (Å²) in [5, 5.41) is 11.4. The summed E-state index contributed by atoms with van der Waals surface area (Å²) in [6, 6.07) is -0.296. The lowest BCUT2D eigenvalue weighted by Crippen LogP contribution is -2.44. The maximum Gasteiger partial charge on any atom is 0.306 e. The van der Waals surface area contributed by atoms with Crippen molar-refractivity contribution in [1.82, 2.24) is 5.32 Å². The number of amides is 1. The van der Waals surface area contributed by atoms with E-state index in [0.29, 0.717) is 19.8 Å². The molecule has 1 saturated heterocycles. The third-order valence-electron chi connectivity index (χ3n) is 2.77. The molecule has 18 heavy (non-hydrogen) atoms. The third kappa shape index (κ3) is 4.59. The van der Waals surface area contributed by atoms with Gasteiger partial charge in [0.1, 0.15) is 0 Å². The molecule has 0 aromatic rings. The molecule has 0 aliphatic carbocycles. The van der Waals surface area contributed by atoms with Crippen molar-refractivity contribution in [3.8, 4) is 0 Å². The van der Waals surface area contributed by atoms with Crippen LogP contribution in [0.25, 0.3) is 0 Å². The van der Waals surface area contributed by atoms with Crippen LogP contribution in [-0.2, 0) is 19.1 Å². The second kappa shape index (κ2) is 7.30. The van der Waals surface area contributed by atoms with Gasteiger partial charge in [0.05, 0.1) is 31.7 Å². The monoisotopic (exact) mass is 260 g/mol. The number of carbonyl (C=O) groups is 2. The second-order valence-corrected chi connectivity index (χ2v) is 4.23. The molecule has 3 unspecified atom stereocenters. The van der Waals surface area contributed by atoms with Gasteiger partial charge in [0.25, 0.3) is 0 Å². The Kier molecular flexibility index (Phi) is 6.03. The third-order valence-corrected chi connectivity index (χ3v) is 2.77. The van der Waals surface area contributed by atoms with E-state index in [1.165, 1.54) is 0 Å². The van der Waals surface area contributed by atoms with E-state index in [0.717, 1.165) is 0 Å². The van der Waals surface area contributed by atoms with Crippen molar-refractivity contribution in [3.63, 3.8) is 0 Å². The number of hydrogen-bond donors (Lipinski definition) is 3. The first-order valence-corrected chi connectivity index (χ1v) is 5.99. The highest BCUT2D eigenvalue weighted by atomic mass is 16.5. The first-order valence-electron chi connectivity index (χ1n) is 5.99. The molecule has 0 aromatic heterocycles. The fourth-order valence-corrected chi connectivity index (χ4v) is 1.81. The normalized spacial score (nSPS) is 24.8. The van der Waals surface area contributed by atoms with E-state index < -0.39 is 12.1 Å². The Morgan fingerprint density at radius 1 is 1.56 bits per heavy atom. The SMILES string of the molecule is CCOC(CNC(=O)C1COCC1N)CC(=O)O. The number of nitrogens with one attached hydrogen (secondary N) is 1. The fourth-order valence-electron chi connectivity index (χ4n) is 1.81. The average molecular weight is 260 g/mol. The molecular formula is C11H20N2O5. The number of carbonyl (C=O) groups excluding carboxylic acids is 1. The van der Waals surface area contributed by atoms with Crippen molar-refractivity contribution in [2.45, 2.75) is 25.5 Å². The van der Waals surface area contributed by atoms with Crippen LogP contribution in [0.3, 0.4) is 0 Å². The van der Waals surface area contributed by atoms with Gasteiger partial charge in [-0.3, -0.25) is 9.59 Å². The molecule has 3 atom stereocenters. The van der Waals surface area contributed by atoms with Crippen LogP contribution in [0.2, 0.25) is 0 Å². The largest absolute Gasteiger partial charge is 0.481 e. The average Bonchev–Trinajstić information content (AvgIpc) is 2.71. The molecule has 1 heterocycles. The molecule has 104 valence electrons. The van der Waals surface area contributed by atoms with E-state index in [4.69, 9.17) is 20.3 Å². The van der Waals surface area contributed by atoms with Gasteiger partial charge < -0.3 is 25.6 Å². The smallest absolute Gasteiger partial charge is 0.306 e. The van der Waals surface area contributed by atoms with Crippen LogP contribution in [0.1, 0.15) is 13.3 Å². The number of carboxylic acids is 1. The topological polar surface area (TPSA) is 111 Å². The maximum atomic E-state index is 11.8. The zero-order valence-corrected chi connectivity index (χ0v) is 10.4. The van der Waals surface area contributed by atoms with Gasteiger partial charge in [-0.15, -0.1) is 0 Å². The van der Waals surface area contributed by atoms with E-state index in [1.807, 2.05) is 0 Å². The Hall–Kier alpha value is -1.18. The Morgan fingerprint density at radius 2 is 2.28 bits per heavy atom. The Balaban J connectivity index is 2.36. The summed E-state index contributed by atoms with van der Waals surface area (Å²) in [4.78, 5) is 22.4. The molecule has 7 nitrogen and oxygen atoms in total. The van der Waals surface area contributed by atoms with E-state index >= 15 is 0 Å². The van der Waals surface area contributed by atoms with Gasteiger partial charge in [-0.05, 0) is 6.92 Å². The number of aliphatic carboxylic acids is 1. The number of carboxylic acid groups (broad SMARTS) is 1. The van der Waals surface area contributed by atoms with Crippen molar-refractivity contribution in [2.24, 2.45) is 11.7 Å². The molecule has 1 rings (SSSR count). The number of hydrogen-bond acceptors (Lipinski definition) is 5. The van der Waals surface area contributed by atoms with E-state index in [2.05, 4.69) is 5.32 Å². The molecule has 7 heteroatoms. The quantitative estimate of drug-likeness (QED) is 0.539. The van der Waals surface area contributed by atoms with Crippen LogP contribution < -0.4 is 11.1 Å². The fraction of sp³-hybridized carbons (Fsp3) is 0.818. The van der Waals surface area contributed by atoms with Gasteiger partial charge in [0, 0.05) is 19.2 Å². The Bertz CT molecular complexity index is 297. The summed E-state index contributed by atoms with van der Waals surface area (Å²) in [5.74, 6) is -1.53. The standard InChI is InChI=1S/C11H20N2O5/c1-2-18-7(3-10(14)15)4-13-11(16)8-5-17-6-9(8)12/h7-9H,2-6,12H2,1H3,(H,13,16)(H,14,15). The molecule has 0 saturated carbocycles. The van der Waals surface area contributed by atoms with Crippen LogP contribution in [0.15, 0.2) is 0 Å². The summed E-state index contributed by atoms with van der Waals surface area (Å²) >= 11 is 0. The van der Waals surface area contributed by atoms with Gasteiger partial charge in [-0.1, -0.05) is 0 Å². The van der Waals surface area contributed by atoms with Crippen LogP contribution in [0.5, 0.6) is 0 Å². The first-order chi connectivity index (χ1) is 8.54. The van der Waals surface area contributed by atoms with Crippen LogP contribution >= 0.6 is 0 Å². The molecule has 1 aliphatic rings. The summed E-state index contributed by atoms with van der Waals surface area (Å²) in [5.41, 5.74) is 5.71. The molecule has 0 radical (unpaired) electrons. The minimum atomic E-state index is -0.955. The minimum absolute atomic E-state index is 0.138. The summed E-state index contributed by atoms with van der Waals surface area (Å²) in [7, 11) is 0. The molecule has 0 aromatic carbocycles. The zero-order valence-electron chi connectivity index (χ0n) is 10.4. The van der Waals surface area contributed by atoms with Crippen molar-refractivity contribution in [2.75, 3.05) is 26.4 Å². The molecule has 1 fully saturated rings. The molecule has 0 bridgehead atoms. The van der Waals surface area contributed by atoms with Crippen LogP contribution in [-0.4, -0.2) is 55.5 Å². The highest BCUT2D eigenvalue weighted by Gasteiger charge is 2.31. The van der Waals surface area contributed by atoms with Crippen LogP contribution in [0, 0.1) is 5.92 Å². The van der Waals surface area contributed by atoms with Gasteiger partial charge in [0.15, 0.2) is 0 Å². The summed E-state index contributed by atoms with van der Waals surface area (Å²) in [6.45, 7) is 3.03.